The lowest BCUT2D eigenvalue weighted by molar-refractivity contribution is -0.208. The molecule has 1 saturated heterocycles. The molecule has 1 aromatic heterocycles. The van der Waals surface area contributed by atoms with E-state index in [1.165, 1.54) is 12.1 Å². The van der Waals surface area contributed by atoms with E-state index in [9.17, 15) is 33.6 Å². The van der Waals surface area contributed by atoms with Crippen LogP contribution in [0, 0.1) is 11.8 Å². The second kappa shape index (κ2) is 26.8. The number of nitrogens with one attached hydrogen (secondary N) is 4. The number of piperidine rings is 1. The molecule has 1 fully saturated rings. The van der Waals surface area contributed by atoms with Gasteiger partial charge in [0.1, 0.15) is 30.8 Å². The molecule has 1 aliphatic rings. The van der Waals surface area contributed by atoms with Crippen molar-refractivity contribution in [3.05, 3.63) is 113 Å². The van der Waals surface area contributed by atoms with Gasteiger partial charge in [0.2, 0.25) is 12.3 Å². The zero-order valence-electron chi connectivity index (χ0n) is 38.3. The van der Waals surface area contributed by atoms with Gasteiger partial charge in [-0.3, -0.25) is 24.0 Å². The van der Waals surface area contributed by atoms with Crippen LogP contribution in [-0.4, -0.2) is 85.6 Å². The van der Waals surface area contributed by atoms with Crippen LogP contribution in [0.4, 0.5) is 0 Å². The van der Waals surface area contributed by atoms with Crippen LogP contribution in [0.2, 0.25) is 0 Å². The van der Waals surface area contributed by atoms with Gasteiger partial charge in [-0.25, -0.2) is 9.59 Å². The number of benzene rings is 3. The molecule has 3 atom stereocenters. The zero-order chi connectivity index (χ0) is 48.0. The molecule has 0 bridgehead atoms. The molecule has 4 N–H and O–H groups in total. The van der Waals surface area contributed by atoms with Gasteiger partial charge in [-0.2, -0.15) is 5.06 Å². The summed E-state index contributed by atoms with van der Waals surface area (Å²) in [6, 6.07) is 23.5. The van der Waals surface area contributed by atoms with E-state index in [0.717, 1.165) is 23.5 Å². The lowest BCUT2D eigenvalue weighted by Gasteiger charge is -2.33. The number of ether oxygens (including phenoxy) is 3. The van der Waals surface area contributed by atoms with Gasteiger partial charge in [-0.1, -0.05) is 99.8 Å². The summed E-state index contributed by atoms with van der Waals surface area (Å²) in [7, 11) is 0. The topological polar surface area (TPSA) is 221 Å². The van der Waals surface area contributed by atoms with Crippen LogP contribution in [0.5, 0.6) is 5.75 Å². The number of carbonyl (C=O) groups excluding carboxylic acids is 7. The van der Waals surface area contributed by atoms with E-state index in [1.807, 2.05) is 26.0 Å². The predicted octanol–water partition coefficient (Wildman–Crippen LogP) is 6.02. The van der Waals surface area contributed by atoms with Crippen molar-refractivity contribution in [2.45, 2.75) is 97.4 Å². The Labute approximate surface area is 390 Å². The molecular weight excluding hydrogens is 863 g/mol. The van der Waals surface area contributed by atoms with Crippen LogP contribution in [-0.2, 0) is 51.5 Å². The van der Waals surface area contributed by atoms with Gasteiger partial charge >= 0.3 is 17.9 Å². The number of carbonyl (C=O) groups is 7. The van der Waals surface area contributed by atoms with Crippen molar-refractivity contribution >= 4 is 42.0 Å². The molecule has 358 valence electrons. The fraction of sp³-hybridized carbons (Fsp3) is 0.420. The molecule has 67 heavy (non-hydrogen) atoms. The van der Waals surface area contributed by atoms with Crippen LogP contribution in [0.25, 0.3) is 11.3 Å². The smallest absolute Gasteiger partial charge is 0.335 e. The van der Waals surface area contributed by atoms with E-state index in [-0.39, 0.29) is 55.2 Å². The highest BCUT2D eigenvalue weighted by molar-refractivity contribution is 6.00. The van der Waals surface area contributed by atoms with Crippen molar-refractivity contribution in [1.29, 1.82) is 0 Å². The molecule has 0 aliphatic carbocycles. The minimum Gasteiger partial charge on any atom is -0.493 e. The molecule has 5 rings (SSSR count). The van der Waals surface area contributed by atoms with Crippen molar-refractivity contribution in [2.24, 2.45) is 11.8 Å². The van der Waals surface area contributed by atoms with Gasteiger partial charge in [0.15, 0.2) is 5.76 Å². The third kappa shape index (κ3) is 15.6. The summed E-state index contributed by atoms with van der Waals surface area (Å²) in [6.45, 7) is 6.73. The van der Waals surface area contributed by atoms with Gasteiger partial charge in [0.05, 0.1) is 43.1 Å². The minimum absolute atomic E-state index is 0.0243. The average molecular weight is 924 g/mol. The highest BCUT2D eigenvalue weighted by Crippen LogP contribution is 2.30. The second-order valence-electron chi connectivity index (χ2n) is 16.0. The fourth-order valence-electron chi connectivity index (χ4n) is 7.56. The summed E-state index contributed by atoms with van der Waals surface area (Å²) in [5.41, 5.74) is 1.97. The Kier molecular flexibility index (Phi) is 20.4. The number of unbranched alkanes of at least 4 members (excludes halogenated alkanes) is 2. The Hall–Kier alpha value is -7.01. The maximum Gasteiger partial charge on any atom is 0.335 e. The zero-order valence-corrected chi connectivity index (χ0v) is 38.3. The van der Waals surface area contributed by atoms with Crippen molar-refractivity contribution in [2.75, 3.05) is 26.4 Å². The molecule has 0 radical (unpaired) electrons. The Morgan fingerprint density at radius 1 is 0.821 bits per heavy atom. The number of hydrogen-bond acceptors (Lipinski definition) is 13. The van der Waals surface area contributed by atoms with Crippen LogP contribution < -0.4 is 26.0 Å². The van der Waals surface area contributed by atoms with Gasteiger partial charge in [0.25, 0.3) is 11.8 Å². The number of hydrogen-bond donors (Lipinski definition) is 4. The van der Waals surface area contributed by atoms with Crippen molar-refractivity contribution in [3.63, 3.8) is 0 Å². The van der Waals surface area contributed by atoms with Gasteiger partial charge in [0, 0.05) is 5.56 Å². The van der Waals surface area contributed by atoms with Crippen LogP contribution in [0.15, 0.2) is 95.4 Å². The first-order valence-corrected chi connectivity index (χ1v) is 22.8. The lowest BCUT2D eigenvalue weighted by atomic mass is 9.90. The molecule has 1 aliphatic heterocycles. The number of hydroxylamine groups is 2. The molecule has 17 nitrogen and oxygen atoms in total. The van der Waals surface area contributed by atoms with E-state index in [2.05, 4.69) is 21.3 Å². The third-order valence-electron chi connectivity index (χ3n) is 11.2. The highest BCUT2D eigenvalue weighted by atomic mass is 16.7. The lowest BCUT2D eigenvalue weighted by Crippen LogP contribution is -2.49. The third-order valence-corrected chi connectivity index (χ3v) is 11.2. The SMILES string of the molecule is CCCCCC(C(=O)NCNC(=O)c1ccc(-c2ccc(C(=O)NC(CC(=O)OCc3ccccc3)C(=O)OCc3ccccc3)c(OCC)c2)o1)[C@@H](CC)N(C=O)OC(=O)C1CCNCC1. The maximum atomic E-state index is 13.8. The number of nitrogens with zero attached hydrogens (tertiary/aromatic N) is 1. The molecule has 4 aromatic rings. The van der Waals surface area contributed by atoms with E-state index in [4.69, 9.17) is 23.5 Å². The van der Waals surface area contributed by atoms with Gasteiger partial charge < -0.3 is 44.7 Å². The average Bonchev–Trinajstić information content (AvgIpc) is 3.86. The predicted molar refractivity (Wildman–Crippen MR) is 245 cm³/mol. The largest absolute Gasteiger partial charge is 0.493 e. The summed E-state index contributed by atoms with van der Waals surface area (Å²) in [6.07, 6.45) is 4.37. The number of esters is 2. The molecule has 17 heteroatoms. The summed E-state index contributed by atoms with van der Waals surface area (Å²) >= 11 is 0. The van der Waals surface area contributed by atoms with Crippen molar-refractivity contribution < 1.29 is 57.0 Å². The summed E-state index contributed by atoms with van der Waals surface area (Å²) in [5, 5.41) is 12.2. The fourth-order valence-corrected chi connectivity index (χ4v) is 7.56. The number of amides is 4. The Morgan fingerprint density at radius 3 is 2.15 bits per heavy atom. The molecule has 2 unspecified atom stereocenters. The number of furan rings is 1. The first-order chi connectivity index (χ1) is 32.5. The minimum atomic E-state index is -1.40. The van der Waals surface area contributed by atoms with Crippen LogP contribution in [0.3, 0.4) is 0 Å². The monoisotopic (exact) mass is 923 g/mol. The molecule has 0 spiro atoms. The Bertz CT molecular complexity index is 2250. The quantitative estimate of drug-likeness (QED) is 0.0187. The van der Waals surface area contributed by atoms with Gasteiger partial charge in [-0.15, -0.1) is 0 Å². The molecule has 4 amide bonds. The van der Waals surface area contributed by atoms with E-state index in [1.54, 1.807) is 73.7 Å². The second-order valence-corrected chi connectivity index (χ2v) is 16.0. The standard InChI is InChI=1S/C50H61N5O12/c1-4-7-10-19-38(41(5-2)55(33-56)67-49(61)36-24-26-51-27-25-36)46(58)52-32-53-48(60)43-23-22-42(66-43)37-20-21-39(44(28-37)63-6-3)47(59)54-40(50(62)65-31-35-17-13-9-14-18-35)29-45(57)64-30-34-15-11-8-12-16-34/h8-9,11-18,20-23,28,33,36,38,40-41,51H,4-7,10,19,24-27,29-32H2,1-3H3,(H,52,58)(H,53,60)(H,54,59)/t38?,40?,41-/m1/s1. The number of rotatable bonds is 26. The van der Waals surface area contributed by atoms with Gasteiger partial charge in [-0.05, 0) is 81.1 Å². The normalized spacial score (nSPS) is 13.8. The Balaban J connectivity index is 1.22. The Morgan fingerprint density at radius 2 is 1.51 bits per heavy atom. The van der Waals surface area contributed by atoms with Crippen molar-refractivity contribution in [3.8, 4) is 17.1 Å². The maximum absolute atomic E-state index is 13.8. The summed E-state index contributed by atoms with van der Waals surface area (Å²) in [4.78, 5) is 97.7. The van der Waals surface area contributed by atoms with E-state index < -0.39 is 60.1 Å². The highest BCUT2D eigenvalue weighted by Gasteiger charge is 2.35. The van der Waals surface area contributed by atoms with Crippen molar-refractivity contribution in [1.82, 2.24) is 26.3 Å². The summed E-state index contributed by atoms with van der Waals surface area (Å²) < 4.78 is 22.6. The molecule has 2 heterocycles. The first-order valence-electron chi connectivity index (χ1n) is 22.8. The molecule has 0 saturated carbocycles. The van der Waals surface area contributed by atoms with Crippen LogP contribution >= 0.6 is 0 Å². The van der Waals surface area contributed by atoms with Crippen LogP contribution in [0.1, 0.15) is 104 Å². The van der Waals surface area contributed by atoms with E-state index in [0.29, 0.717) is 62.7 Å². The molecule has 3 aromatic carbocycles. The first kappa shape index (κ1) is 51.0. The van der Waals surface area contributed by atoms with E-state index >= 15 is 0 Å². The summed E-state index contributed by atoms with van der Waals surface area (Å²) in [5.74, 6) is -4.56. The molecular formula is C50H61N5O12.